The molecule has 0 bridgehead atoms. The summed E-state index contributed by atoms with van der Waals surface area (Å²) in [6.45, 7) is 2.45. The van der Waals surface area contributed by atoms with Crippen LogP contribution in [0.1, 0.15) is 25.7 Å². The van der Waals surface area contributed by atoms with Crippen molar-refractivity contribution in [1.29, 1.82) is 0 Å². The van der Waals surface area contributed by atoms with Gasteiger partial charge in [0.2, 0.25) is 0 Å². The lowest BCUT2D eigenvalue weighted by Crippen LogP contribution is -2.20. The predicted molar refractivity (Wildman–Crippen MR) is 108 cm³/mol. The largest absolute Gasteiger partial charge is 0.457 e. The number of benzene rings is 1. The zero-order valence-electron chi connectivity index (χ0n) is 14.5. The van der Waals surface area contributed by atoms with Crippen LogP contribution in [0.25, 0.3) is 10.2 Å². The molecule has 0 saturated carbocycles. The number of hydrogen-bond donors (Lipinski definition) is 0. The van der Waals surface area contributed by atoms with Gasteiger partial charge in [-0.2, -0.15) is 0 Å². The van der Waals surface area contributed by atoms with E-state index in [0.29, 0.717) is 27.2 Å². The minimum absolute atomic E-state index is 0.135. The molecule has 3 heterocycles. The van der Waals surface area contributed by atoms with Gasteiger partial charge in [0.05, 0.1) is 18.3 Å². The van der Waals surface area contributed by atoms with Gasteiger partial charge in [-0.05, 0) is 29.5 Å². The second-order valence-corrected chi connectivity index (χ2v) is 8.09. The van der Waals surface area contributed by atoms with Crippen molar-refractivity contribution in [2.75, 3.05) is 0 Å². The summed E-state index contributed by atoms with van der Waals surface area (Å²) in [7, 11) is 0. The van der Waals surface area contributed by atoms with Gasteiger partial charge in [-0.1, -0.05) is 36.4 Å². The Morgan fingerprint density at radius 3 is 2.74 bits per heavy atom. The summed E-state index contributed by atoms with van der Waals surface area (Å²) < 4.78 is 6.99. The molecule has 7 heteroatoms. The number of nitrogens with zero attached hydrogens (tertiary/aromatic N) is 2. The summed E-state index contributed by atoms with van der Waals surface area (Å²) in [5, 5.41) is 2.47. The van der Waals surface area contributed by atoms with Gasteiger partial charge in [0.25, 0.3) is 5.56 Å². The average molecular weight is 396 g/mol. The quantitative estimate of drug-likeness (QED) is 0.474. The van der Waals surface area contributed by atoms with E-state index < -0.39 is 5.97 Å². The highest BCUT2D eigenvalue weighted by Gasteiger charge is 2.20. The highest BCUT2D eigenvalue weighted by molar-refractivity contribution is 7.20. The molecule has 4 aromatic rings. The van der Waals surface area contributed by atoms with Crippen LogP contribution < -0.4 is 5.56 Å². The number of aromatic nitrogens is 2. The molecular weight excluding hydrogens is 380 g/mol. The third kappa shape index (κ3) is 3.56. The molecule has 0 radical (unpaired) electrons. The topological polar surface area (TPSA) is 61.2 Å². The Morgan fingerprint density at radius 1 is 1.19 bits per heavy atom. The zero-order chi connectivity index (χ0) is 18.8. The number of ether oxygens (including phenoxy) is 1. The molecule has 4 rings (SSSR count). The van der Waals surface area contributed by atoms with Gasteiger partial charge in [0.15, 0.2) is 0 Å². The van der Waals surface area contributed by atoms with Crippen molar-refractivity contribution in [2.45, 2.75) is 20.1 Å². The van der Waals surface area contributed by atoms with E-state index in [2.05, 4.69) is 4.98 Å². The lowest BCUT2D eigenvalue weighted by atomic mass is 10.2. The van der Waals surface area contributed by atoms with Crippen molar-refractivity contribution in [2.24, 2.45) is 0 Å². The van der Waals surface area contributed by atoms with E-state index in [1.54, 1.807) is 29.2 Å². The van der Waals surface area contributed by atoms with Crippen LogP contribution in [-0.2, 0) is 17.9 Å². The molecule has 0 atom stereocenters. The lowest BCUT2D eigenvalue weighted by Gasteiger charge is -2.04. The molecule has 0 aliphatic carbocycles. The smallest absolute Gasteiger partial charge is 0.349 e. The van der Waals surface area contributed by atoms with Crippen molar-refractivity contribution in [1.82, 2.24) is 9.55 Å². The number of hydrogen-bond acceptors (Lipinski definition) is 6. The highest BCUT2D eigenvalue weighted by Crippen LogP contribution is 2.28. The Hall–Kier alpha value is -2.77. The van der Waals surface area contributed by atoms with Gasteiger partial charge >= 0.3 is 5.97 Å². The molecule has 0 unspecified atom stereocenters. The monoisotopic (exact) mass is 396 g/mol. The van der Waals surface area contributed by atoms with Crippen LogP contribution in [-0.4, -0.2) is 15.5 Å². The molecule has 0 amide bonds. The van der Waals surface area contributed by atoms with Crippen molar-refractivity contribution in [3.05, 3.63) is 85.4 Å². The Balaban J connectivity index is 1.62. The molecule has 0 aliphatic heterocycles. The van der Waals surface area contributed by atoms with Crippen molar-refractivity contribution in [3.8, 4) is 0 Å². The Labute approximate surface area is 163 Å². The van der Waals surface area contributed by atoms with Crippen LogP contribution >= 0.6 is 22.7 Å². The number of rotatable bonds is 5. The fourth-order valence-electron chi connectivity index (χ4n) is 2.83. The first-order valence-corrected chi connectivity index (χ1v) is 10.0. The van der Waals surface area contributed by atoms with E-state index in [1.165, 1.54) is 11.3 Å². The molecule has 5 nitrogen and oxygen atoms in total. The summed E-state index contributed by atoms with van der Waals surface area (Å²) in [5.74, 6) is -0.427. The van der Waals surface area contributed by atoms with Crippen LogP contribution in [0, 0.1) is 6.92 Å². The first-order valence-electron chi connectivity index (χ1n) is 8.35. The molecule has 0 fully saturated rings. The van der Waals surface area contributed by atoms with Gasteiger partial charge in [0.1, 0.15) is 16.3 Å². The zero-order valence-corrected chi connectivity index (χ0v) is 16.2. The van der Waals surface area contributed by atoms with E-state index in [-0.39, 0.29) is 12.2 Å². The predicted octanol–water partition coefficient (Wildman–Crippen LogP) is 4.23. The average Bonchev–Trinajstić information content (AvgIpc) is 3.31. The van der Waals surface area contributed by atoms with Gasteiger partial charge < -0.3 is 4.74 Å². The van der Waals surface area contributed by atoms with Crippen LogP contribution in [0.5, 0.6) is 0 Å². The molecule has 0 N–H and O–H groups in total. The molecule has 0 spiro atoms. The first kappa shape index (κ1) is 17.6. The third-order valence-corrected chi connectivity index (χ3v) is 6.26. The number of carbonyl (C=O) groups is 1. The van der Waals surface area contributed by atoms with Crippen molar-refractivity contribution >= 4 is 38.9 Å². The Bertz CT molecular complexity index is 1150. The number of aryl methyl sites for hydroxylation is 1. The third-order valence-electron chi connectivity index (χ3n) is 4.22. The fourth-order valence-corrected chi connectivity index (χ4v) is 4.56. The van der Waals surface area contributed by atoms with E-state index >= 15 is 0 Å². The summed E-state index contributed by atoms with van der Waals surface area (Å²) in [6, 6.07) is 13.4. The summed E-state index contributed by atoms with van der Waals surface area (Å²) in [6.07, 6.45) is 1.54. The maximum Gasteiger partial charge on any atom is 0.349 e. The van der Waals surface area contributed by atoms with Crippen LogP contribution in [0.2, 0.25) is 0 Å². The normalized spacial score (nSPS) is 11.0. The van der Waals surface area contributed by atoms with E-state index in [9.17, 15) is 9.59 Å². The second-order valence-electron chi connectivity index (χ2n) is 6.06. The number of esters is 1. The number of thiophene rings is 2. The van der Waals surface area contributed by atoms with Crippen LogP contribution in [0.4, 0.5) is 0 Å². The number of carbonyl (C=O) groups excluding carboxylic acids is 1. The van der Waals surface area contributed by atoms with Crippen molar-refractivity contribution in [3.63, 3.8) is 0 Å². The van der Waals surface area contributed by atoms with E-state index in [1.807, 2.05) is 47.8 Å². The second kappa shape index (κ2) is 7.46. The minimum atomic E-state index is -0.427. The molecule has 3 aromatic heterocycles. The lowest BCUT2D eigenvalue weighted by molar-refractivity contribution is 0.0478. The maximum atomic E-state index is 12.9. The van der Waals surface area contributed by atoms with Crippen LogP contribution in [0.15, 0.2) is 59.0 Å². The summed E-state index contributed by atoms with van der Waals surface area (Å²) >= 11 is 2.79. The summed E-state index contributed by atoms with van der Waals surface area (Å²) in [4.78, 5) is 31.8. The maximum absolute atomic E-state index is 12.9. The first-order chi connectivity index (χ1) is 13.1. The highest BCUT2D eigenvalue weighted by atomic mass is 32.1. The van der Waals surface area contributed by atoms with Crippen LogP contribution in [0.3, 0.4) is 0 Å². The molecule has 0 saturated heterocycles. The SMILES string of the molecule is Cc1c(C(=O)OCc2ccccc2)sc2ncn(Cc3cccs3)c(=O)c12. The molecular formula is C20H16N2O3S2. The van der Waals surface area contributed by atoms with Crippen molar-refractivity contribution < 1.29 is 9.53 Å². The van der Waals surface area contributed by atoms with E-state index in [0.717, 1.165) is 10.4 Å². The molecule has 27 heavy (non-hydrogen) atoms. The molecule has 136 valence electrons. The fraction of sp³-hybridized carbons (Fsp3) is 0.150. The van der Waals surface area contributed by atoms with Gasteiger partial charge in [-0.25, -0.2) is 9.78 Å². The Kier molecular flexibility index (Phi) is 4.87. The Morgan fingerprint density at radius 2 is 2.00 bits per heavy atom. The van der Waals surface area contributed by atoms with Gasteiger partial charge in [-0.3, -0.25) is 9.36 Å². The molecule has 1 aromatic carbocycles. The van der Waals surface area contributed by atoms with Gasteiger partial charge in [0, 0.05) is 4.88 Å². The van der Waals surface area contributed by atoms with E-state index in [4.69, 9.17) is 4.74 Å². The number of fused-ring (bicyclic) bond motifs is 1. The minimum Gasteiger partial charge on any atom is -0.457 e. The van der Waals surface area contributed by atoms with Gasteiger partial charge in [-0.15, -0.1) is 22.7 Å². The summed E-state index contributed by atoms with van der Waals surface area (Å²) in [5.41, 5.74) is 1.41. The standard InChI is InChI=1S/C20H16N2O3S2/c1-13-16-18(21-12-22(19(16)23)10-15-8-5-9-26-15)27-17(13)20(24)25-11-14-6-3-2-4-7-14/h2-9,12H,10-11H2,1H3. The molecule has 0 aliphatic rings.